The number of esters is 1. The molecule has 7 heteroatoms. The number of benzene rings is 1. The highest BCUT2D eigenvalue weighted by molar-refractivity contribution is 5.83. The van der Waals surface area contributed by atoms with E-state index in [0.717, 1.165) is 50.1 Å². The molecule has 1 aliphatic heterocycles. The van der Waals surface area contributed by atoms with Crippen LogP contribution < -0.4 is 20.7 Å². The lowest BCUT2D eigenvalue weighted by molar-refractivity contribution is -0.142. The highest BCUT2D eigenvalue weighted by Gasteiger charge is 2.23. The summed E-state index contributed by atoms with van der Waals surface area (Å²) in [4.78, 5) is 24.3. The average Bonchev–Trinajstić information content (AvgIpc) is 2.69. The van der Waals surface area contributed by atoms with Gasteiger partial charge in [-0.15, -0.1) is 0 Å². The van der Waals surface area contributed by atoms with Crippen LogP contribution in [0.25, 0.3) is 0 Å². The SMILES string of the molecule is CCCCOc1ccc(C[C@H](NC(=O)NC2CCNCC2)C(=O)OC)cc1. The molecule has 27 heavy (non-hydrogen) atoms. The van der Waals surface area contributed by atoms with Crippen LogP contribution in [0.3, 0.4) is 0 Å². The third-order valence-corrected chi connectivity index (χ3v) is 4.60. The largest absolute Gasteiger partial charge is 0.494 e. The fraction of sp³-hybridized carbons (Fsp3) is 0.600. The molecule has 0 bridgehead atoms. The Balaban J connectivity index is 1.89. The predicted molar refractivity (Wildman–Crippen MR) is 104 cm³/mol. The molecule has 0 saturated carbocycles. The number of rotatable bonds is 9. The van der Waals surface area contributed by atoms with Crippen LogP contribution in [0.1, 0.15) is 38.2 Å². The number of hydrogen-bond donors (Lipinski definition) is 3. The minimum absolute atomic E-state index is 0.129. The summed E-state index contributed by atoms with van der Waals surface area (Å²) in [7, 11) is 1.33. The van der Waals surface area contributed by atoms with Crippen molar-refractivity contribution >= 4 is 12.0 Å². The Labute approximate surface area is 161 Å². The Kier molecular flexibility index (Phi) is 8.91. The van der Waals surface area contributed by atoms with Crippen molar-refractivity contribution < 1.29 is 19.1 Å². The quantitative estimate of drug-likeness (QED) is 0.452. The van der Waals surface area contributed by atoms with Crippen LogP contribution in [-0.4, -0.2) is 50.9 Å². The fourth-order valence-electron chi connectivity index (χ4n) is 2.98. The number of carbonyl (C=O) groups excluding carboxylic acids is 2. The lowest BCUT2D eigenvalue weighted by Crippen LogP contribution is -2.52. The number of ether oxygens (including phenoxy) is 2. The van der Waals surface area contributed by atoms with Crippen LogP contribution in [-0.2, 0) is 16.0 Å². The maximum absolute atomic E-state index is 12.3. The zero-order chi connectivity index (χ0) is 19.5. The van der Waals surface area contributed by atoms with E-state index in [2.05, 4.69) is 22.9 Å². The molecule has 1 aromatic carbocycles. The van der Waals surface area contributed by atoms with Crippen LogP contribution in [0.5, 0.6) is 5.75 Å². The first-order chi connectivity index (χ1) is 13.1. The van der Waals surface area contributed by atoms with E-state index in [9.17, 15) is 9.59 Å². The predicted octanol–water partition coefficient (Wildman–Crippen LogP) is 2.00. The van der Waals surface area contributed by atoms with Gasteiger partial charge in [0.25, 0.3) is 0 Å². The first-order valence-electron chi connectivity index (χ1n) is 9.69. The van der Waals surface area contributed by atoms with Crippen molar-refractivity contribution in [3.05, 3.63) is 29.8 Å². The molecule has 150 valence electrons. The first-order valence-corrected chi connectivity index (χ1v) is 9.69. The Morgan fingerprint density at radius 3 is 2.56 bits per heavy atom. The van der Waals surface area contributed by atoms with Gasteiger partial charge in [-0.1, -0.05) is 25.5 Å². The highest BCUT2D eigenvalue weighted by Crippen LogP contribution is 2.14. The molecule has 0 radical (unpaired) electrons. The second-order valence-corrected chi connectivity index (χ2v) is 6.77. The summed E-state index contributed by atoms with van der Waals surface area (Å²) in [6, 6.07) is 6.64. The van der Waals surface area contributed by atoms with Gasteiger partial charge in [-0.05, 0) is 50.0 Å². The zero-order valence-corrected chi connectivity index (χ0v) is 16.3. The van der Waals surface area contributed by atoms with Gasteiger partial charge in [0.05, 0.1) is 13.7 Å². The lowest BCUT2D eigenvalue weighted by Gasteiger charge is -2.25. The Bertz CT molecular complexity index is 585. The van der Waals surface area contributed by atoms with Gasteiger partial charge in [0.2, 0.25) is 0 Å². The fourth-order valence-corrected chi connectivity index (χ4v) is 2.98. The molecular weight excluding hydrogens is 346 g/mol. The van der Waals surface area contributed by atoms with Crippen LogP contribution in [0.15, 0.2) is 24.3 Å². The van der Waals surface area contributed by atoms with Crippen molar-refractivity contribution in [2.75, 3.05) is 26.8 Å². The van der Waals surface area contributed by atoms with Gasteiger partial charge in [0.1, 0.15) is 11.8 Å². The van der Waals surface area contributed by atoms with E-state index in [0.29, 0.717) is 13.0 Å². The summed E-state index contributed by atoms with van der Waals surface area (Å²) < 4.78 is 10.5. The maximum atomic E-state index is 12.3. The number of urea groups is 1. The molecule has 7 nitrogen and oxygen atoms in total. The summed E-state index contributed by atoms with van der Waals surface area (Å²) in [5.74, 6) is 0.345. The number of hydrogen-bond acceptors (Lipinski definition) is 5. The van der Waals surface area contributed by atoms with Crippen molar-refractivity contribution in [1.29, 1.82) is 0 Å². The van der Waals surface area contributed by atoms with Crippen LogP contribution in [0, 0.1) is 0 Å². The van der Waals surface area contributed by atoms with Crippen LogP contribution >= 0.6 is 0 Å². The molecule has 2 amide bonds. The lowest BCUT2D eigenvalue weighted by atomic mass is 10.1. The first kappa shape index (κ1) is 21.0. The Morgan fingerprint density at radius 2 is 1.93 bits per heavy atom. The zero-order valence-electron chi connectivity index (χ0n) is 16.3. The standard InChI is InChI=1S/C20H31N3O4/c1-3-4-13-27-17-7-5-15(6-8-17)14-18(19(24)26-2)23-20(25)22-16-9-11-21-12-10-16/h5-8,16,18,21H,3-4,9-14H2,1-2H3,(H2,22,23,25)/t18-/m0/s1. The van der Waals surface area contributed by atoms with Crippen molar-refractivity contribution in [3.8, 4) is 5.75 Å². The molecule has 0 spiro atoms. The summed E-state index contributed by atoms with van der Waals surface area (Å²) in [5, 5.41) is 8.93. The number of piperidine rings is 1. The number of carbonyl (C=O) groups is 2. The highest BCUT2D eigenvalue weighted by atomic mass is 16.5. The van der Waals surface area contributed by atoms with E-state index in [4.69, 9.17) is 9.47 Å². The minimum Gasteiger partial charge on any atom is -0.494 e. The van der Waals surface area contributed by atoms with Crippen LogP contribution in [0.2, 0.25) is 0 Å². The molecule has 1 heterocycles. The van der Waals surface area contributed by atoms with E-state index >= 15 is 0 Å². The molecule has 1 saturated heterocycles. The second-order valence-electron chi connectivity index (χ2n) is 6.77. The van der Waals surface area contributed by atoms with E-state index in [-0.39, 0.29) is 12.1 Å². The molecular formula is C20H31N3O4. The summed E-state index contributed by atoms with van der Waals surface area (Å²) in [5.41, 5.74) is 0.926. The summed E-state index contributed by atoms with van der Waals surface area (Å²) >= 11 is 0. The number of nitrogens with one attached hydrogen (secondary N) is 3. The summed E-state index contributed by atoms with van der Waals surface area (Å²) in [6.07, 6.45) is 4.24. The van der Waals surface area contributed by atoms with Gasteiger partial charge in [0, 0.05) is 12.5 Å². The monoisotopic (exact) mass is 377 g/mol. The number of methoxy groups -OCH3 is 1. The number of amides is 2. The summed E-state index contributed by atoms with van der Waals surface area (Å²) in [6.45, 7) is 4.59. The molecule has 0 aliphatic carbocycles. The van der Waals surface area contributed by atoms with E-state index in [1.807, 2.05) is 24.3 Å². The minimum atomic E-state index is -0.733. The van der Waals surface area contributed by atoms with Crippen molar-refractivity contribution in [1.82, 2.24) is 16.0 Å². The molecule has 1 fully saturated rings. The van der Waals surface area contributed by atoms with Crippen molar-refractivity contribution in [2.45, 2.75) is 51.1 Å². The molecule has 0 unspecified atom stereocenters. The molecule has 2 rings (SSSR count). The Hall–Kier alpha value is -2.28. The smallest absolute Gasteiger partial charge is 0.328 e. The molecule has 1 aliphatic rings. The molecule has 0 aromatic heterocycles. The Morgan fingerprint density at radius 1 is 1.22 bits per heavy atom. The number of unbranched alkanes of at least 4 members (excludes halogenated alkanes) is 1. The third kappa shape index (κ3) is 7.46. The van der Waals surface area contributed by atoms with Gasteiger partial charge in [-0.2, -0.15) is 0 Å². The normalized spacial score (nSPS) is 15.6. The van der Waals surface area contributed by atoms with Crippen LogP contribution in [0.4, 0.5) is 4.79 Å². The van der Waals surface area contributed by atoms with Crippen molar-refractivity contribution in [2.24, 2.45) is 0 Å². The van der Waals surface area contributed by atoms with Gasteiger partial charge >= 0.3 is 12.0 Å². The van der Waals surface area contributed by atoms with Crippen molar-refractivity contribution in [3.63, 3.8) is 0 Å². The molecule has 1 atom stereocenters. The molecule has 1 aromatic rings. The maximum Gasteiger partial charge on any atom is 0.328 e. The van der Waals surface area contributed by atoms with Gasteiger partial charge < -0.3 is 25.4 Å². The van der Waals surface area contributed by atoms with Gasteiger partial charge in [-0.25, -0.2) is 9.59 Å². The second kappa shape index (κ2) is 11.4. The van der Waals surface area contributed by atoms with E-state index < -0.39 is 12.0 Å². The third-order valence-electron chi connectivity index (χ3n) is 4.60. The average molecular weight is 377 g/mol. The van der Waals surface area contributed by atoms with E-state index in [1.165, 1.54) is 7.11 Å². The van der Waals surface area contributed by atoms with Gasteiger partial charge in [-0.3, -0.25) is 0 Å². The molecule has 3 N–H and O–H groups in total. The topological polar surface area (TPSA) is 88.7 Å². The van der Waals surface area contributed by atoms with E-state index in [1.54, 1.807) is 0 Å². The van der Waals surface area contributed by atoms with Gasteiger partial charge in [0.15, 0.2) is 0 Å².